The summed E-state index contributed by atoms with van der Waals surface area (Å²) in [6.45, 7) is 18.8. The lowest BCUT2D eigenvalue weighted by atomic mass is 9.73. The molecule has 0 spiro atoms. The van der Waals surface area contributed by atoms with Crippen molar-refractivity contribution in [2.75, 3.05) is 19.6 Å². The molecule has 354 valence electrons. The highest BCUT2D eigenvalue weighted by Gasteiger charge is 2.39. The second-order valence-corrected chi connectivity index (χ2v) is 21.2. The average molecular weight is 951 g/mol. The van der Waals surface area contributed by atoms with E-state index in [1.165, 1.54) is 45.0 Å². The van der Waals surface area contributed by atoms with Crippen LogP contribution in [0, 0.1) is 0 Å². The SMILES string of the molecule is C=C1c2ccccc2N(c2cc(-c3cc(N4c5ccccc5C(=C)c5ccccc54)cc(N4c5ccccc5C(C)(C)c5ccccc54)c3)cc(N3c4ccccc4C(C)(C)c4ccccc43)c2)c2ccccc21. The zero-order valence-corrected chi connectivity index (χ0v) is 42.1. The molecule has 0 N–H and O–H groups in total. The van der Waals surface area contributed by atoms with Gasteiger partial charge in [-0.05, 0) is 129 Å². The largest absolute Gasteiger partial charge is 0.310 e. The van der Waals surface area contributed by atoms with Crippen LogP contribution in [0.15, 0.2) is 244 Å². The highest BCUT2D eigenvalue weighted by atomic mass is 15.2. The fourth-order valence-corrected chi connectivity index (χ4v) is 12.7. The molecule has 0 saturated carbocycles. The number of fused-ring (bicyclic) bond motifs is 8. The first-order valence-corrected chi connectivity index (χ1v) is 25.7. The van der Waals surface area contributed by atoms with E-state index in [0.717, 1.165) is 90.0 Å². The molecule has 0 atom stereocenters. The van der Waals surface area contributed by atoms with Gasteiger partial charge >= 0.3 is 0 Å². The van der Waals surface area contributed by atoms with Crippen LogP contribution in [-0.2, 0) is 10.8 Å². The van der Waals surface area contributed by atoms with Crippen molar-refractivity contribution < 1.29 is 0 Å². The molecule has 4 aliphatic heterocycles. The second kappa shape index (κ2) is 16.2. The van der Waals surface area contributed by atoms with Crippen LogP contribution in [0.5, 0.6) is 0 Å². The van der Waals surface area contributed by atoms with E-state index >= 15 is 0 Å². The third kappa shape index (κ3) is 6.34. The van der Waals surface area contributed by atoms with E-state index in [9.17, 15) is 0 Å². The summed E-state index contributed by atoms with van der Waals surface area (Å²) >= 11 is 0. The number of rotatable bonds is 5. The summed E-state index contributed by atoms with van der Waals surface area (Å²) in [5.41, 5.74) is 26.7. The Morgan fingerprint density at radius 3 is 0.716 bits per heavy atom. The molecule has 0 fully saturated rings. The van der Waals surface area contributed by atoms with Crippen LogP contribution in [-0.4, -0.2) is 0 Å². The first kappa shape index (κ1) is 43.7. The van der Waals surface area contributed by atoms with Gasteiger partial charge in [0.25, 0.3) is 0 Å². The summed E-state index contributed by atoms with van der Waals surface area (Å²) in [5.74, 6) is 0. The minimum absolute atomic E-state index is 0.222. The Kier molecular flexibility index (Phi) is 9.55. The fourth-order valence-electron chi connectivity index (χ4n) is 12.7. The first-order valence-electron chi connectivity index (χ1n) is 25.7. The molecule has 10 aromatic carbocycles. The predicted molar refractivity (Wildman–Crippen MR) is 311 cm³/mol. The van der Waals surface area contributed by atoms with Crippen molar-refractivity contribution in [3.63, 3.8) is 0 Å². The Bertz CT molecular complexity index is 3550. The predicted octanol–water partition coefficient (Wildman–Crippen LogP) is 19.3. The maximum atomic E-state index is 4.68. The molecule has 0 aliphatic carbocycles. The van der Waals surface area contributed by atoms with Crippen molar-refractivity contribution in [2.24, 2.45) is 0 Å². The molecule has 4 heterocycles. The van der Waals surface area contributed by atoms with E-state index in [2.05, 4.69) is 291 Å². The molecule has 0 saturated heterocycles. The van der Waals surface area contributed by atoms with Gasteiger partial charge in [0.05, 0.1) is 45.5 Å². The van der Waals surface area contributed by atoms with Gasteiger partial charge in [-0.2, -0.15) is 0 Å². The summed E-state index contributed by atoms with van der Waals surface area (Å²) in [7, 11) is 0. The van der Waals surface area contributed by atoms with Gasteiger partial charge in [0.1, 0.15) is 0 Å². The summed E-state index contributed by atoms with van der Waals surface area (Å²) in [6, 6.07) is 85.1. The molecule has 0 amide bonds. The smallest absolute Gasteiger partial charge is 0.0540 e. The number of hydrogen-bond donors (Lipinski definition) is 0. The zero-order chi connectivity index (χ0) is 50.0. The zero-order valence-electron chi connectivity index (χ0n) is 42.1. The van der Waals surface area contributed by atoms with Crippen LogP contribution in [0.4, 0.5) is 68.2 Å². The van der Waals surface area contributed by atoms with Gasteiger partial charge in [-0.25, -0.2) is 0 Å². The maximum absolute atomic E-state index is 4.68. The summed E-state index contributed by atoms with van der Waals surface area (Å²) < 4.78 is 0. The Labute approximate surface area is 434 Å². The second-order valence-electron chi connectivity index (χ2n) is 21.2. The molecule has 74 heavy (non-hydrogen) atoms. The van der Waals surface area contributed by atoms with Crippen LogP contribution < -0.4 is 19.6 Å². The van der Waals surface area contributed by atoms with Crippen LogP contribution in [0.25, 0.3) is 22.3 Å². The standard InChI is InChI=1S/C70H54N4/c1-45-53-23-7-15-31-61(53)71(62-32-16-8-24-54(45)62)49-39-47(41-51(43-49)73-65-35-19-11-27-57(65)69(3,4)58-28-12-20-36-66(58)73)48-40-50(72-63-33-17-9-25-55(63)46(2)56-26-10-18-34-64(56)72)44-52(42-48)74-67-37-21-13-29-59(67)70(5,6)60-30-14-22-38-68(60)74/h7-44H,1-2H2,3-6H3. The average Bonchev–Trinajstić information content (AvgIpc) is 3.44. The molecular formula is C70H54N4. The monoisotopic (exact) mass is 950 g/mol. The highest BCUT2D eigenvalue weighted by Crippen LogP contribution is 2.58. The van der Waals surface area contributed by atoms with Gasteiger partial charge in [0, 0.05) is 55.8 Å². The Morgan fingerprint density at radius 2 is 0.459 bits per heavy atom. The van der Waals surface area contributed by atoms with Crippen LogP contribution in [0.3, 0.4) is 0 Å². The third-order valence-electron chi connectivity index (χ3n) is 16.3. The van der Waals surface area contributed by atoms with Crippen LogP contribution >= 0.6 is 0 Å². The number of anilines is 12. The topological polar surface area (TPSA) is 13.0 Å². The van der Waals surface area contributed by atoms with Crippen molar-refractivity contribution in [3.8, 4) is 11.1 Å². The molecule has 10 aromatic rings. The minimum Gasteiger partial charge on any atom is -0.310 e. The van der Waals surface area contributed by atoms with E-state index in [-0.39, 0.29) is 10.8 Å². The normalized spacial score (nSPS) is 15.2. The first-order chi connectivity index (χ1) is 36.1. The Hall–Kier alpha value is -9.12. The molecule has 0 bridgehead atoms. The van der Waals surface area contributed by atoms with Crippen molar-refractivity contribution in [1.82, 2.24) is 0 Å². The van der Waals surface area contributed by atoms with Crippen molar-refractivity contribution >= 4 is 79.4 Å². The lowest BCUT2D eigenvalue weighted by Gasteiger charge is -2.43. The summed E-state index contributed by atoms with van der Waals surface area (Å²) in [6.07, 6.45) is 0. The Morgan fingerprint density at radius 1 is 0.257 bits per heavy atom. The molecular weight excluding hydrogens is 897 g/mol. The quantitative estimate of drug-likeness (QED) is 0.170. The van der Waals surface area contributed by atoms with Gasteiger partial charge < -0.3 is 19.6 Å². The molecule has 0 unspecified atom stereocenters. The molecule has 0 aromatic heterocycles. The van der Waals surface area contributed by atoms with Gasteiger partial charge in [0.15, 0.2) is 0 Å². The van der Waals surface area contributed by atoms with E-state index < -0.39 is 0 Å². The molecule has 0 radical (unpaired) electrons. The van der Waals surface area contributed by atoms with E-state index in [1.54, 1.807) is 0 Å². The highest BCUT2D eigenvalue weighted by molar-refractivity contribution is 6.04. The van der Waals surface area contributed by atoms with Gasteiger partial charge in [-0.3, -0.25) is 0 Å². The number of benzene rings is 10. The van der Waals surface area contributed by atoms with Gasteiger partial charge in [-0.15, -0.1) is 0 Å². The van der Waals surface area contributed by atoms with E-state index in [1.807, 2.05) is 0 Å². The summed E-state index contributed by atoms with van der Waals surface area (Å²) in [4.78, 5) is 9.89. The van der Waals surface area contributed by atoms with E-state index in [4.69, 9.17) is 0 Å². The number of para-hydroxylation sites is 8. The van der Waals surface area contributed by atoms with E-state index in [0.29, 0.717) is 0 Å². The number of nitrogens with zero attached hydrogens (tertiary/aromatic N) is 4. The lowest BCUT2D eigenvalue weighted by Crippen LogP contribution is -2.30. The Balaban J connectivity index is 1.09. The molecule has 14 rings (SSSR count). The van der Waals surface area contributed by atoms with Crippen molar-refractivity contribution in [1.29, 1.82) is 0 Å². The van der Waals surface area contributed by atoms with Crippen molar-refractivity contribution in [3.05, 3.63) is 288 Å². The van der Waals surface area contributed by atoms with Crippen LogP contribution in [0.2, 0.25) is 0 Å². The van der Waals surface area contributed by atoms with Crippen molar-refractivity contribution in [2.45, 2.75) is 38.5 Å². The van der Waals surface area contributed by atoms with Crippen LogP contribution in [0.1, 0.15) is 72.2 Å². The third-order valence-corrected chi connectivity index (χ3v) is 16.3. The number of hydrogen-bond acceptors (Lipinski definition) is 4. The lowest BCUT2D eigenvalue weighted by molar-refractivity contribution is 0.631. The summed E-state index contributed by atoms with van der Waals surface area (Å²) in [5, 5.41) is 0. The fraction of sp³-hybridized carbons (Fsp3) is 0.0857. The van der Waals surface area contributed by atoms with Gasteiger partial charge in [0.2, 0.25) is 0 Å². The molecule has 4 aliphatic rings. The maximum Gasteiger partial charge on any atom is 0.0540 e. The van der Waals surface area contributed by atoms with Gasteiger partial charge in [-0.1, -0.05) is 186 Å². The minimum atomic E-state index is -0.222. The molecule has 4 heteroatoms. The molecule has 4 nitrogen and oxygen atoms in total.